The van der Waals surface area contributed by atoms with E-state index < -0.39 is 5.60 Å². The normalized spacial score (nSPS) is 22.3. The number of halogens is 1. The predicted octanol–water partition coefficient (Wildman–Crippen LogP) is 1.20. The molecule has 3 rings (SSSR count). The number of aromatic nitrogens is 2. The number of aryl methyl sites for hydroxylation is 1. The van der Waals surface area contributed by atoms with Gasteiger partial charge in [-0.2, -0.15) is 0 Å². The van der Waals surface area contributed by atoms with Crippen molar-refractivity contribution in [2.45, 2.75) is 12.1 Å². The van der Waals surface area contributed by atoms with E-state index in [-0.39, 0.29) is 19.0 Å². The van der Waals surface area contributed by atoms with Crippen LogP contribution in [0.3, 0.4) is 0 Å². The Morgan fingerprint density at radius 1 is 1.38 bits per heavy atom. The van der Waals surface area contributed by atoms with Crippen molar-refractivity contribution in [3.8, 4) is 5.75 Å². The van der Waals surface area contributed by atoms with Gasteiger partial charge in [-0.05, 0) is 24.3 Å². The van der Waals surface area contributed by atoms with Gasteiger partial charge < -0.3 is 19.1 Å². The van der Waals surface area contributed by atoms with Crippen LogP contribution in [0, 0.1) is 5.82 Å². The first-order valence-electron chi connectivity index (χ1n) is 7.91. The number of hydrogen-bond donors (Lipinski definition) is 1. The maximum atomic E-state index is 12.9. The molecule has 1 saturated heterocycles. The smallest absolute Gasteiger partial charge is 0.134 e. The van der Waals surface area contributed by atoms with Crippen molar-refractivity contribution >= 4 is 0 Å². The number of aliphatic hydroxyl groups is 1. The standard InChI is InChI=1S/C17H22FN3O3/c1-20-7-6-19-16(20)10-21-8-9-23-12-17(22,11-21)13-24-15-4-2-14(18)3-5-15/h2-7,22H,8-13H2,1H3/t17-/m1/s1. The fraction of sp³-hybridized carbons (Fsp3) is 0.471. The van der Waals surface area contributed by atoms with Crippen molar-refractivity contribution in [2.75, 3.05) is 32.9 Å². The summed E-state index contributed by atoms with van der Waals surface area (Å²) in [4.78, 5) is 6.42. The minimum absolute atomic E-state index is 0.0791. The molecule has 0 spiro atoms. The van der Waals surface area contributed by atoms with Gasteiger partial charge in [-0.25, -0.2) is 9.37 Å². The van der Waals surface area contributed by atoms with Gasteiger partial charge >= 0.3 is 0 Å². The zero-order chi connectivity index (χ0) is 17.0. The Balaban J connectivity index is 1.62. The second-order valence-electron chi connectivity index (χ2n) is 6.18. The molecule has 1 N–H and O–H groups in total. The van der Waals surface area contributed by atoms with E-state index >= 15 is 0 Å². The maximum absolute atomic E-state index is 12.9. The molecule has 130 valence electrons. The highest BCUT2D eigenvalue weighted by Crippen LogP contribution is 2.18. The van der Waals surface area contributed by atoms with E-state index in [9.17, 15) is 9.50 Å². The van der Waals surface area contributed by atoms with Crippen LogP contribution >= 0.6 is 0 Å². The van der Waals surface area contributed by atoms with Gasteiger partial charge in [0, 0.05) is 32.5 Å². The molecule has 2 aromatic rings. The summed E-state index contributed by atoms with van der Waals surface area (Å²) >= 11 is 0. The lowest BCUT2D eigenvalue weighted by molar-refractivity contribution is -0.0648. The van der Waals surface area contributed by atoms with Crippen molar-refractivity contribution in [3.05, 3.63) is 48.3 Å². The van der Waals surface area contributed by atoms with Crippen LogP contribution < -0.4 is 4.74 Å². The summed E-state index contributed by atoms with van der Waals surface area (Å²) in [6, 6.07) is 5.75. The molecule has 0 radical (unpaired) electrons. The number of benzene rings is 1. The Hall–Kier alpha value is -1.96. The van der Waals surface area contributed by atoms with E-state index in [0.29, 0.717) is 32.0 Å². The van der Waals surface area contributed by atoms with E-state index in [0.717, 1.165) is 5.82 Å². The molecule has 0 amide bonds. The van der Waals surface area contributed by atoms with Gasteiger partial charge in [-0.1, -0.05) is 0 Å². The number of hydrogen-bond acceptors (Lipinski definition) is 5. The van der Waals surface area contributed by atoms with E-state index in [1.807, 2.05) is 17.8 Å². The van der Waals surface area contributed by atoms with Crippen LogP contribution in [0.4, 0.5) is 4.39 Å². The third kappa shape index (κ3) is 4.31. The second-order valence-corrected chi connectivity index (χ2v) is 6.18. The zero-order valence-corrected chi connectivity index (χ0v) is 13.7. The average Bonchev–Trinajstić information content (AvgIpc) is 2.86. The number of nitrogens with zero attached hydrogens (tertiary/aromatic N) is 3. The summed E-state index contributed by atoms with van der Waals surface area (Å²) in [5.74, 6) is 1.13. The van der Waals surface area contributed by atoms with Crippen molar-refractivity contribution in [1.29, 1.82) is 0 Å². The molecule has 1 aliphatic heterocycles. The molecule has 1 aromatic carbocycles. The van der Waals surface area contributed by atoms with Crippen molar-refractivity contribution in [1.82, 2.24) is 14.5 Å². The number of imidazole rings is 1. The molecular weight excluding hydrogens is 313 g/mol. The molecule has 1 aliphatic rings. The summed E-state index contributed by atoms with van der Waals surface area (Å²) < 4.78 is 26.1. The summed E-state index contributed by atoms with van der Waals surface area (Å²) in [5.41, 5.74) is -1.13. The molecule has 0 saturated carbocycles. The Labute approximate surface area is 140 Å². The first-order valence-corrected chi connectivity index (χ1v) is 7.91. The Bertz CT molecular complexity index is 661. The molecule has 24 heavy (non-hydrogen) atoms. The van der Waals surface area contributed by atoms with Crippen molar-refractivity contribution < 1.29 is 19.0 Å². The van der Waals surface area contributed by atoms with Gasteiger partial charge in [0.1, 0.15) is 29.6 Å². The van der Waals surface area contributed by atoms with Gasteiger partial charge in [0.2, 0.25) is 0 Å². The summed E-state index contributed by atoms with van der Waals surface area (Å²) in [5, 5.41) is 10.8. The highest BCUT2D eigenvalue weighted by atomic mass is 19.1. The van der Waals surface area contributed by atoms with Crippen LogP contribution in [0.25, 0.3) is 0 Å². The van der Waals surface area contributed by atoms with Gasteiger partial charge in [0.05, 0.1) is 19.8 Å². The van der Waals surface area contributed by atoms with E-state index in [1.54, 1.807) is 18.3 Å². The SMILES string of the molecule is Cn1ccnc1CN1CCOC[C@@](O)(COc2ccc(F)cc2)C1. The second kappa shape index (κ2) is 7.29. The van der Waals surface area contributed by atoms with E-state index in [2.05, 4.69) is 9.88 Å². The molecule has 2 heterocycles. The van der Waals surface area contributed by atoms with Gasteiger partial charge in [-0.3, -0.25) is 4.90 Å². The summed E-state index contributed by atoms with van der Waals surface area (Å²) in [6.07, 6.45) is 3.65. The Morgan fingerprint density at radius 3 is 2.88 bits per heavy atom. The van der Waals surface area contributed by atoms with E-state index in [1.165, 1.54) is 12.1 Å². The quantitative estimate of drug-likeness (QED) is 0.890. The van der Waals surface area contributed by atoms with Gasteiger partial charge in [0.15, 0.2) is 0 Å². The molecule has 1 atom stereocenters. The third-order valence-electron chi connectivity index (χ3n) is 4.05. The maximum Gasteiger partial charge on any atom is 0.134 e. The lowest BCUT2D eigenvalue weighted by atomic mass is 10.1. The topological polar surface area (TPSA) is 59.8 Å². The lowest BCUT2D eigenvalue weighted by Gasteiger charge is -2.30. The molecular formula is C17H22FN3O3. The van der Waals surface area contributed by atoms with Crippen LogP contribution in [0.5, 0.6) is 5.75 Å². The van der Waals surface area contributed by atoms with Crippen LogP contribution in [0.15, 0.2) is 36.7 Å². The Kier molecular flexibility index (Phi) is 5.13. The Morgan fingerprint density at radius 2 is 2.17 bits per heavy atom. The fourth-order valence-electron chi connectivity index (χ4n) is 2.72. The number of β-amino-alcohol motifs (C(OH)–C–C–N with tert-alkyl or cyclic N) is 1. The summed E-state index contributed by atoms with van der Waals surface area (Å²) in [6.45, 7) is 2.59. The molecule has 0 aliphatic carbocycles. The number of rotatable bonds is 5. The minimum Gasteiger partial charge on any atom is -0.490 e. The van der Waals surface area contributed by atoms with Crippen molar-refractivity contribution in [2.24, 2.45) is 7.05 Å². The minimum atomic E-state index is -1.13. The largest absolute Gasteiger partial charge is 0.490 e. The molecule has 0 unspecified atom stereocenters. The monoisotopic (exact) mass is 335 g/mol. The molecule has 7 heteroatoms. The molecule has 1 fully saturated rings. The fourth-order valence-corrected chi connectivity index (χ4v) is 2.72. The molecule has 1 aromatic heterocycles. The zero-order valence-electron chi connectivity index (χ0n) is 13.7. The molecule has 6 nitrogen and oxygen atoms in total. The van der Waals surface area contributed by atoms with Crippen LogP contribution in [-0.4, -0.2) is 58.1 Å². The molecule has 0 bridgehead atoms. The highest BCUT2D eigenvalue weighted by Gasteiger charge is 2.34. The lowest BCUT2D eigenvalue weighted by Crippen LogP contribution is -2.48. The summed E-state index contributed by atoms with van der Waals surface area (Å²) in [7, 11) is 1.94. The van der Waals surface area contributed by atoms with Crippen molar-refractivity contribution in [3.63, 3.8) is 0 Å². The highest BCUT2D eigenvalue weighted by molar-refractivity contribution is 5.22. The van der Waals surface area contributed by atoms with Gasteiger partial charge in [-0.15, -0.1) is 0 Å². The van der Waals surface area contributed by atoms with Crippen LogP contribution in [0.2, 0.25) is 0 Å². The van der Waals surface area contributed by atoms with E-state index in [4.69, 9.17) is 9.47 Å². The third-order valence-corrected chi connectivity index (χ3v) is 4.05. The average molecular weight is 335 g/mol. The van der Waals surface area contributed by atoms with Gasteiger partial charge in [0.25, 0.3) is 0 Å². The first-order chi connectivity index (χ1) is 11.5. The van der Waals surface area contributed by atoms with Crippen LogP contribution in [-0.2, 0) is 18.3 Å². The number of ether oxygens (including phenoxy) is 2. The predicted molar refractivity (Wildman–Crippen MR) is 86.1 cm³/mol. The first kappa shape index (κ1) is 16.9. The van der Waals surface area contributed by atoms with Crippen LogP contribution in [0.1, 0.15) is 5.82 Å².